The summed E-state index contributed by atoms with van der Waals surface area (Å²) in [7, 11) is 2.02. The molecular weight excluding hydrogens is 462 g/mol. The van der Waals surface area contributed by atoms with Crippen molar-refractivity contribution in [3.05, 3.63) is 58.0 Å². The second kappa shape index (κ2) is 9.77. The maximum Gasteiger partial charge on any atom is 0.269 e. The molecule has 0 bridgehead atoms. The van der Waals surface area contributed by atoms with E-state index in [0.29, 0.717) is 16.4 Å². The molecule has 0 aromatic heterocycles. The van der Waals surface area contributed by atoms with Gasteiger partial charge in [-0.3, -0.25) is 9.69 Å². The number of nitrogens with zero attached hydrogens (tertiary/aromatic N) is 4. The van der Waals surface area contributed by atoms with E-state index in [1.807, 2.05) is 37.1 Å². The number of anilines is 2. The number of aliphatic imine (C=N–C) groups is 1. The van der Waals surface area contributed by atoms with Crippen molar-refractivity contribution in [1.29, 1.82) is 5.26 Å². The molecule has 5 rings (SSSR count). The smallest absolute Gasteiger partial charge is 0.269 e. The average molecular weight is 490 g/mol. The Morgan fingerprint density at radius 2 is 1.94 bits per heavy atom. The topological polar surface area (TPSA) is 71.7 Å². The van der Waals surface area contributed by atoms with Gasteiger partial charge in [0, 0.05) is 24.5 Å². The van der Waals surface area contributed by atoms with E-state index in [1.165, 1.54) is 18.2 Å². The third kappa shape index (κ3) is 4.19. The molecule has 0 unspecified atom stereocenters. The Hall–Kier alpha value is -2.89. The molecule has 2 aliphatic heterocycles. The molecular formula is C26H27N5OS2. The number of nitriles is 1. The summed E-state index contributed by atoms with van der Waals surface area (Å²) in [5, 5.41) is 14.4. The third-order valence-corrected chi connectivity index (χ3v) is 8.80. The molecule has 2 aromatic carbocycles. The molecule has 3 aliphatic rings. The van der Waals surface area contributed by atoms with Crippen molar-refractivity contribution in [3.8, 4) is 6.07 Å². The lowest BCUT2D eigenvalue weighted by Crippen LogP contribution is -2.40. The Labute approximate surface area is 209 Å². The second-order valence-corrected chi connectivity index (χ2v) is 10.6. The summed E-state index contributed by atoms with van der Waals surface area (Å²) >= 11 is 3.11. The van der Waals surface area contributed by atoms with Gasteiger partial charge in [-0.2, -0.15) is 5.26 Å². The van der Waals surface area contributed by atoms with Crippen molar-refractivity contribution in [2.75, 3.05) is 23.8 Å². The molecule has 0 atom stereocenters. The highest BCUT2D eigenvalue weighted by atomic mass is 32.2. The van der Waals surface area contributed by atoms with Crippen LogP contribution < -0.4 is 10.2 Å². The lowest BCUT2D eigenvalue weighted by atomic mass is 9.94. The van der Waals surface area contributed by atoms with Crippen LogP contribution in [-0.4, -0.2) is 35.6 Å². The lowest BCUT2D eigenvalue weighted by Gasteiger charge is -2.30. The summed E-state index contributed by atoms with van der Waals surface area (Å²) in [6.45, 7) is 2.78. The lowest BCUT2D eigenvalue weighted by molar-refractivity contribution is -0.124. The van der Waals surface area contributed by atoms with E-state index in [1.54, 1.807) is 23.9 Å². The number of hydrogen-bond donors (Lipinski definition) is 1. The zero-order chi connectivity index (χ0) is 23.7. The van der Waals surface area contributed by atoms with Crippen LogP contribution in [0.15, 0.2) is 62.3 Å². The standard InChI is InChI=1S/C26H27N5OS2/c1-3-28-19-14-13-17(16-27)15-20(19)29-26-31(18-9-5-4-6-10-18)24(32)23(34-26)25-30(2)21-11-7-8-12-22(21)33-25/h7-8,11-15,18,28H,3-6,9-10H2,1-2H3. The van der Waals surface area contributed by atoms with Crippen LogP contribution in [0.2, 0.25) is 0 Å². The number of nitrogens with one attached hydrogen (secondary N) is 1. The van der Waals surface area contributed by atoms with Gasteiger partial charge in [0.25, 0.3) is 5.91 Å². The van der Waals surface area contributed by atoms with Crippen molar-refractivity contribution in [1.82, 2.24) is 4.90 Å². The first-order valence-corrected chi connectivity index (χ1v) is 13.4. The van der Waals surface area contributed by atoms with Crippen LogP contribution in [-0.2, 0) is 4.79 Å². The van der Waals surface area contributed by atoms with Crippen LogP contribution in [0.25, 0.3) is 0 Å². The molecule has 0 radical (unpaired) electrons. The first-order chi connectivity index (χ1) is 16.6. The number of carbonyl (C=O) groups excluding carboxylic acids is 1. The predicted molar refractivity (Wildman–Crippen MR) is 141 cm³/mol. The summed E-state index contributed by atoms with van der Waals surface area (Å²) in [4.78, 5) is 24.8. The minimum absolute atomic E-state index is 0.0410. The highest BCUT2D eigenvalue weighted by Gasteiger charge is 2.42. The number of amidine groups is 1. The molecule has 2 heterocycles. The summed E-state index contributed by atoms with van der Waals surface area (Å²) in [6.07, 6.45) is 5.47. The van der Waals surface area contributed by atoms with E-state index in [0.717, 1.165) is 58.4 Å². The fourth-order valence-electron chi connectivity index (χ4n) is 4.69. The number of para-hydroxylation sites is 1. The van der Waals surface area contributed by atoms with E-state index in [-0.39, 0.29) is 11.9 Å². The van der Waals surface area contributed by atoms with Gasteiger partial charge in [-0.1, -0.05) is 43.2 Å². The van der Waals surface area contributed by atoms with Gasteiger partial charge in [0.2, 0.25) is 0 Å². The molecule has 6 nitrogen and oxygen atoms in total. The molecule has 2 aromatic rings. The van der Waals surface area contributed by atoms with E-state index in [9.17, 15) is 10.1 Å². The minimum Gasteiger partial charge on any atom is -0.384 e. The van der Waals surface area contributed by atoms with Crippen LogP contribution in [0.5, 0.6) is 0 Å². The Kier molecular flexibility index (Phi) is 6.57. The maximum atomic E-state index is 13.9. The normalized spacial score (nSPS) is 21.8. The number of thioether (sulfide) groups is 2. The largest absolute Gasteiger partial charge is 0.384 e. The van der Waals surface area contributed by atoms with Crippen molar-refractivity contribution in [2.24, 2.45) is 4.99 Å². The summed E-state index contributed by atoms with van der Waals surface area (Å²) in [5.41, 5.74) is 3.24. The Morgan fingerprint density at radius 3 is 2.68 bits per heavy atom. The zero-order valence-electron chi connectivity index (χ0n) is 19.4. The third-order valence-electron chi connectivity index (χ3n) is 6.39. The molecule has 8 heteroatoms. The van der Waals surface area contributed by atoms with Gasteiger partial charge >= 0.3 is 0 Å². The summed E-state index contributed by atoms with van der Waals surface area (Å²) in [6, 6.07) is 16.1. The van der Waals surface area contributed by atoms with Crippen LogP contribution in [0, 0.1) is 11.3 Å². The minimum atomic E-state index is 0.0410. The fraction of sp³-hybridized carbons (Fsp3) is 0.346. The van der Waals surface area contributed by atoms with Crippen molar-refractivity contribution >= 4 is 51.7 Å². The van der Waals surface area contributed by atoms with E-state index in [4.69, 9.17) is 4.99 Å². The second-order valence-electron chi connectivity index (χ2n) is 8.60. The highest BCUT2D eigenvalue weighted by Crippen LogP contribution is 2.50. The zero-order valence-corrected chi connectivity index (χ0v) is 21.0. The van der Waals surface area contributed by atoms with Crippen molar-refractivity contribution < 1.29 is 4.79 Å². The summed E-state index contributed by atoms with van der Waals surface area (Å²) in [5.74, 6) is 0.0410. The SMILES string of the molecule is CCNc1ccc(C#N)cc1N=C1SC(=C2Sc3ccccc3N2C)C(=O)N1C1CCCCC1. The molecule has 1 saturated carbocycles. The quantitative estimate of drug-likeness (QED) is 0.509. The molecule has 0 spiro atoms. The fourth-order valence-corrected chi connectivity index (χ4v) is 7.09. The predicted octanol–water partition coefficient (Wildman–Crippen LogP) is 6.30. The number of amides is 1. The van der Waals surface area contributed by atoms with Crippen LogP contribution in [0.4, 0.5) is 17.1 Å². The van der Waals surface area contributed by atoms with Gasteiger partial charge in [0.05, 0.1) is 33.7 Å². The van der Waals surface area contributed by atoms with Gasteiger partial charge in [0.1, 0.15) is 4.91 Å². The first kappa shape index (κ1) is 22.9. The monoisotopic (exact) mass is 489 g/mol. The van der Waals surface area contributed by atoms with E-state index in [2.05, 4.69) is 28.4 Å². The highest BCUT2D eigenvalue weighted by molar-refractivity contribution is 8.19. The number of carbonyl (C=O) groups is 1. The molecule has 1 N–H and O–H groups in total. The van der Waals surface area contributed by atoms with Gasteiger partial charge in [-0.15, -0.1) is 0 Å². The van der Waals surface area contributed by atoms with Crippen LogP contribution in [0.3, 0.4) is 0 Å². The van der Waals surface area contributed by atoms with Gasteiger partial charge in [-0.25, -0.2) is 4.99 Å². The van der Waals surface area contributed by atoms with Crippen molar-refractivity contribution in [2.45, 2.75) is 50.0 Å². The molecule has 1 aliphatic carbocycles. The average Bonchev–Trinajstić information content (AvgIpc) is 3.37. The molecule has 174 valence electrons. The first-order valence-electron chi connectivity index (χ1n) is 11.7. The van der Waals surface area contributed by atoms with Gasteiger partial charge in [-0.05, 0) is 61.9 Å². The molecule has 34 heavy (non-hydrogen) atoms. The molecule has 1 saturated heterocycles. The van der Waals surface area contributed by atoms with Gasteiger partial charge < -0.3 is 10.2 Å². The van der Waals surface area contributed by atoms with Gasteiger partial charge in [0.15, 0.2) is 5.17 Å². The van der Waals surface area contributed by atoms with Crippen molar-refractivity contribution in [3.63, 3.8) is 0 Å². The van der Waals surface area contributed by atoms with Crippen LogP contribution in [0.1, 0.15) is 44.6 Å². The number of benzene rings is 2. The maximum absolute atomic E-state index is 13.9. The number of hydrogen-bond acceptors (Lipinski definition) is 7. The summed E-state index contributed by atoms with van der Waals surface area (Å²) < 4.78 is 0. The number of rotatable bonds is 4. The molecule has 2 fully saturated rings. The van der Waals surface area contributed by atoms with Crippen LogP contribution >= 0.6 is 23.5 Å². The Bertz CT molecular complexity index is 1230. The van der Waals surface area contributed by atoms with E-state index < -0.39 is 0 Å². The Balaban J connectivity index is 1.59. The Morgan fingerprint density at radius 1 is 1.15 bits per heavy atom. The number of fused-ring (bicyclic) bond motifs is 1. The van der Waals surface area contributed by atoms with E-state index >= 15 is 0 Å². The molecule has 1 amide bonds.